The summed E-state index contributed by atoms with van der Waals surface area (Å²) in [6.07, 6.45) is 7.79. The SMILES string of the molecule is CC1(C)C2CC(C3C1C1CC3C3(C)CCC13C)C1(CCOC1=O)C2. The third-order valence-corrected chi connectivity index (χ3v) is 11.3. The van der Waals surface area contributed by atoms with E-state index in [2.05, 4.69) is 27.7 Å². The number of ether oxygens (including phenoxy) is 1. The van der Waals surface area contributed by atoms with Crippen LogP contribution >= 0.6 is 0 Å². The number of carbonyl (C=O) groups is 1. The molecule has 9 atom stereocenters. The van der Waals surface area contributed by atoms with Gasteiger partial charge in [0.1, 0.15) is 0 Å². The van der Waals surface area contributed by atoms with Gasteiger partial charge < -0.3 is 4.74 Å². The molecule has 0 radical (unpaired) electrons. The van der Waals surface area contributed by atoms with Crippen LogP contribution < -0.4 is 0 Å². The molecule has 2 heteroatoms. The fraction of sp³-hybridized carbons (Fsp3) is 0.955. The number of hydrogen-bond acceptors (Lipinski definition) is 2. The Kier molecular flexibility index (Phi) is 2.29. The van der Waals surface area contributed by atoms with E-state index in [-0.39, 0.29) is 11.4 Å². The maximum Gasteiger partial charge on any atom is 0.312 e. The summed E-state index contributed by atoms with van der Waals surface area (Å²) in [6, 6.07) is 0. The van der Waals surface area contributed by atoms with Crippen molar-refractivity contribution in [3.8, 4) is 0 Å². The lowest BCUT2D eigenvalue weighted by atomic mass is 9.37. The molecule has 1 heterocycles. The lowest BCUT2D eigenvalue weighted by molar-refractivity contribution is -0.192. The Hall–Kier alpha value is -0.530. The zero-order chi connectivity index (χ0) is 16.7. The highest BCUT2D eigenvalue weighted by Gasteiger charge is 2.79. The lowest BCUT2D eigenvalue weighted by Gasteiger charge is -2.67. The Bertz CT molecular complexity index is 652. The first kappa shape index (κ1) is 14.6. The van der Waals surface area contributed by atoms with Crippen molar-refractivity contribution >= 4 is 5.97 Å². The van der Waals surface area contributed by atoms with E-state index in [1.54, 1.807) is 0 Å². The van der Waals surface area contributed by atoms with Gasteiger partial charge in [-0.1, -0.05) is 27.7 Å². The first-order valence-corrected chi connectivity index (χ1v) is 10.4. The molecule has 0 N–H and O–H groups in total. The third-order valence-electron chi connectivity index (χ3n) is 11.3. The topological polar surface area (TPSA) is 26.3 Å². The molecule has 6 rings (SSSR count). The second kappa shape index (κ2) is 3.76. The average molecular weight is 328 g/mol. The molecule has 24 heavy (non-hydrogen) atoms. The van der Waals surface area contributed by atoms with E-state index in [9.17, 15) is 4.79 Å². The van der Waals surface area contributed by atoms with Crippen molar-refractivity contribution in [3.05, 3.63) is 0 Å². The first-order chi connectivity index (χ1) is 11.3. The van der Waals surface area contributed by atoms with E-state index in [0.717, 1.165) is 42.4 Å². The molecule has 0 aromatic carbocycles. The number of carbonyl (C=O) groups excluding carboxylic acids is 1. The van der Waals surface area contributed by atoms with Gasteiger partial charge in [-0.3, -0.25) is 4.79 Å². The van der Waals surface area contributed by atoms with Gasteiger partial charge in [0.15, 0.2) is 0 Å². The number of hydrogen-bond donors (Lipinski definition) is 0. The average Bonchev–Trinajstić information content (AvgIpc) is 3.22. The number of fused-ring (bicyclic) bond motifs is 12. The van der Waals surface area contributed by atoms with Gasteiger partial charge in [0, 0.05) is 0 Å². The predicted molar refractivity (Wildman–Crippen MR) is 92.0 cm³/mol. The highest BCUT2D eigenvalue weighted by Crippen LogP contribution is 2.85. The van der Waals surface area contributed by atoms with Crippen molar-refractivity contribution in [1.29, 1.82) is 0 Å². The van der Waals surface area contributed by atoms with Crippen LogP contribution in [0.4, 0.5) is 0 Å². The van der Waals surface area contributed by atoms with E-state index >= 15 is 0 Å². The van der Waals surface area contributed by atoms with Gasteiger partial charge in [0.05, 0.1) is 12.0 Å². The van der Waals surface area contributed by atoms with Gasteiger partial charge in [-0.15, -0.1) is 0 Å². The summed E-state index contributed by atoms with van der Waals surface area (Å²) >= 11 is 0. The molecule has 1 spiro atoms. The molecule has 0 aromatic rings. The molecule has 6 fully saturated rings. The summed E-state index contributed by atoms with van der Waals surface area (Å²) in [5, 5.41) is 0. The largest absolute Gasteiger partial charge is 0.465 e. The van der Waals surface area contributed by atoms with Gasteiger partial charge in [-0.05, 0) is 90.3 Å². The zero-order valence-electron chi connectivity index (χ0n) is 15.7. The Balaban J connectivity index is 1.52. The maximum atomic E-state index is 12.8. The number of rotatable bonds is 0. The van der Waals surface area contributed by atoms with Crippen molar-refractivity contribution in [2.75, 3.05) is 6.61 Å². The van der Waals surface area contributed by atoms with Crippen molar-refractivity contribution in [3.63, 3.8) is 0 Å². The Morgan fingerprint density at radius 2 is 1.62 bits per heavy atom. The van der Waals surface area contributed by atoms with Crippen molar-refractivity contribution in [1.82, 2.24) is 0 Å². The van der Waals surface area contributed by atoms with Gasteiger partial charge in [0.25, 0.3) is 0 Å². The van der Waals surface area contributed by atoms with Gasteiger partial charge in [-0.25, -0.2) is 0 Å². The molecule has 1 saturated heterocycles. The molecule has 1 aliphatic heterocycles. The van der Waals surface area contributed by atoms with Crippen LogP contribution in [0.25, 0.3) is 0 Å². The molecule has 4 bridgehead atoms. The van der Waals surface area contributed by atoms with E-state index in [1.807, 2.05) is 0 Å². The van der Waals surface area contributed by atoms with E-state index in [1.165, 1.54) is 25.7 Å². The van der Waals surface area contributed by atoms with Crippen LogP contribution in [0.3, 0.4) is 0 Å². The predicted octanol–water partition coefficient (Wildman–Crippen LogP) is 4.67. The smallest absolute Gasteiger partial charge is 0.312 e. The molecule has 132 valence electrons. The van der Waals surface area contributed by atoms with Crippen molar-refractivity contribution in [2.24, 2.45) is 57.2 Å². The zero-order valence-corrected chi connectivity index (χ0v) is 15.7. The van der Waals surface area contributed by atoms with Crippen LogP contribution in [-0.2, 0) is 9.53 Å². The van der Waals surface area contributed by atoms with Crippen LogP contribution in [0, 0.1) is 57.2 Å². The molecule has 5 saturated carbocycles. The first-order valence-electron chi connectivity index (χ1n) is 10.4. The summed E-state index contributed by atoms with van der Waals surface area (Å²) in [4.78, 5) is 12.8. The summed E-state index contributed by atoms with van der Waals surface area (Å²) in [6.45, 7) is 11.0. The molecule has 6 aliphatic rings. The minimum atomic E-state index is -0.0949. The summed E-state index contributed by atoms with van der Waals surface area (Å²) in [7, 11) is 0. The van der Waals surface area contributed by atoms with Gasteiger partial charge in [0.2, 0.25) is 0 Å². The molecule has 5 aliphatic carbocycles. The molecular weight excluding hydrogens is 296 g/mol. The summed E-state index contributed by atoms with van der Waals surface area (Å²) < 4.78 is 5.56. The van der Waals surface area contributed by atoms with Crippen LogP contribution in [0.15, 0.2) is 0 Å². The van der Waals surface area contributed by atoms with E-state index in [4.69, 9.17) is 4.74 Å². The summed E-state index contributed by atoms with van der Waals surface area (Å²) in [5.41, 5.74) is 1.47. The fourth-order valence-corrected chi connectivity index (χ4v) is 9.78. The normalized spacial score (nSPS) is 64.8. The van der Waals surface area contributed by atoms with Crippen LogP contribution in [0.1, 0.15) is 66.2 Å². The molecular formula is C22H32O2. The Labute approximate surface area is 146 Å². The van der Waals surface area contributed by atoms with Gasteiger partial charge in [-0.2, -0.15) is 0 Å². The molecule has 0 amide bonds. The maximum absolute atomic E-state index is 12.8. The third kappa shape index (κ3) is 1.18. The number of cyclic esters (lactones) is 1. The van der Waals surface area contributed by atoms with Crippen molar-refractivity contribution < 1.29 is 9.53 Å². The highest BCUT2D eigenvalue weighted by molar-refractivity contribution is 5.79. The van der Waals surface area contributed by atoms with E-state index in [0.29, 0.717) is 28.8 Å². The Morgan fingerprint density at radius 1 is 0.917 bits per heavy atom. The second-order valence-corrected chi connectivity index (χ2v) is 11.5. The summed E-state index contributed by atoms with van der Waals surface area (Å²) in [5.74, 6) is 5.00. The highest BCUT2D eigenvalue weighted by atomic mass is 16.5. The van der Waals surface area contributed by atoms with Crippen molar-refractivity contribution in [2.45, 2.75) is 66.2 Å². The van der Waals surface area contributed by atoms with Crippen LogP contribution in [0.2, 0.25) is 0 Å². The lowest BCUT2D eigenvalue weighted by Crippen LogP contribution is -2.61. The quantitative estimate of drug-likeness (QED) is 0.604. The van der Waals surface area contributed by atoms with Crippen LogP contribution in [-0.4, -0.2) is 12.6 Å². The standard InChI is InChI=1S/C22H32O2/c1-19(2)12-9-14(22(11-12)7-8-24-18(22)23)16-13-10-15(17(16)19)21(4)6-5-20(13,21)3/h12-17H,5-11H2,1-4H3. The Morgan fingerprint density at radius 3 is 2.25 bits per heavy atom. The molecule has 0 aromatic heterocycles. The minimum absolute atomic E-state index is 0.0949. The monoisotopic (exact) mass is 328 g/mol. The molecule has 9 unspecified atom stereocenters. The fourth-order valence-electron chi connectivity index (χ4n) is 9.78. The van der Waals surface area contributed by atoms with Gasteiger partial charge >= 0.3 is 5.97 Å². The molecule has 2 nitrogen and oxygen atoms in total. The minimum Gasteiger partial charge on any atom is -0.465 e. The second-order valence-electron chi connectivity index (χ2n) is 11.5. The van der Waals surface area contributed by atoms with E-state index < -0.39 is 0 Å². The number of esters is 1. The van der Waals surface area contributed by atoms with Crippen LogP contribution in [0.5, 0.6) is 0 Å².